The number of carbonyl (C=O) groups is 1. The molecule has 4 rings (SSSR count). The summed E-state index contributed by atoms with van der Waals surface area (Å²) >= 11 is 0. The number of benzene rings is 1. The maximum atomic E-state index is 12.8. The van der Waals surface area contributed by atoms with Crippen molar-refractivity contribution in [2.75, 3.05) is 5.73 Å². The second kappa shape index (κ2) is 8.57. The standard InChI is InChI=1S/C22H22F3N7O/c1-3-13(2)28-20(33)18-8-15(12-32-19(18)29-21(26)30-32)16-9-27-31(11-16)10-14-4-6-17(7-5-14)22(23,24)25/h4-9,11-13H,3,10H2,1-2H3,(H2,26,30)(H,28,33). The van der Waals surface area contributed by atoms with Crippen molar-refractivity contribution in [3.8, 4) is 11.1 Å². The molecule has 1 atom stereocenters. The van der Waals surface area contributed by atoms with E-state index in [0.29, 0.717) is 27.9 Å². The molecule has 0 saturated heterocycles. The van der Waals surface area contributed by atoms with E-state index in [0.717, 1.165) is 18.6 Å². The largest absolute Gasteiger partial charge is 0.416 e. The fourth-order valence-corrected chi connectivity index (χ4v) is 3.32. The molecule has 1 aromatic carbocycles. The number of halogens is 3. The van der Waals surface area contributed by atoms with Crippen molar-refractivity contribution in [3.63, 3.8) is 0 Å². The molecule has 172 valence electrons. The second-order valence-corrected chi connectivity index (χ2v) is 7.78. The third kappa shape index (κ3) is 4.81. The molecule has 3 aromatic heterocycles. The number of amides is 1. The first kappa shape index (κ1) is 22.3. The summed E-state index contributed by atoms with van der Waals surface area (Å²) in [5, 5.41) is 11.4. The van der Waals surface area contributed by atoms with Gasteiger partial charge in [-0.25, -0.2) is 4.52 Å². The molecule has 8 nitrogen and oxygen atoms in total. The van der Waals surface area contributed by atoms with Crippen molar-refractivity contribution in [2.24, 2.45) is 0 Å². The van der Waals surface area contributed by atoms with Crippen LogP contribution in [0.5, 0.6) is 0 Å². The maximum absolute atomic E-state index is 12.8. The van der Waals surface area contributed by atoms with Gasteiger partial charge in [-0.2, -0.15) is 23.3 Å². The van der Waals surface area contributed by atoms with Crippen LogP contribution in [0.25, 0.3) is 16.8 Å². The van der Waals surface area contributed by atoms with Crippen LogP contribution in [0.2, 0.25) is 0 Å². The molecule has 3 heterocycles. The van der Waals surface area contributed by atoms with Crippen molar-refractivity contribution < 1.29 is 18.0 Å². The average molecular weight is 457 g/mol. The smallest absolute Gasteiger partial charge is 0.366 e. The van der Waals surface area contributed by atoms with Crippen LogP contribution in [0.1, 0.15) is 41.8 Å². The first-order chi connectivity index (χ1) is 15.6. The molecule has 0 spiro atoms. The zero-order chi connectivity index (χ0) is 23.8. The van der Waals surface area contributed by atoms with Gasteiger partial charge in [0.1, 0.15) is 0 Å². The Bertz CT molecular complexity index is 1290. The normalized spacial score (nSPS) is 12.8. The number of alkyl halides is 3. The van der Waals surface area contributed by atoms with Gasteiger partial charge in [0.15, 0.2) is 5.65 Å². The van der Waals surface area contributed by atoms with Crippen LogP contribution >= 0.6 is 0 Å². The summed E-state index contributed by atoms with van der Waals surface area (Å²) in [5.74, 6) is -0.247. The number of nitrogens with zero attached hydrogens (tertiary/aromatic N) is 5. The van der Waals surface area contributed by atoms with E-state index in [1.807, 2.05) is 13.8 Å². The lowest BCUT2D eigenvalue weighted by Gasteiger charge is -2.12. The fourth-order valence-electron chi connectivity index (χ4n) is 3.32. The number of aromatic nitrogens is 5. The highest BCUT2D eigenvalue weighted by Crippen LogP contribution is 2.29. The number of hydrogen-bond acceptors (Lipinski definition) is 5. The van der Waals surface area contributed by atoms with Gasteiger partial charge in [-0.05, 0) is 37.1 Å². The minimum atomic E-state index is -4.38. The fraction of sp³-hybridized carbons (Fsp3) is 0.273. The number of anilines is 1. The number of nitrogens with one attached hydrogen (secondary N) is 1. The van der Waals surface area contributed by atoms with Gasteiger partial charge in [0, 0.05) is 29.6 Å². The lowest BCUT2D eigenvalue weighted by molar-refractivity contribution is -0.137. The maximum Gasteiger partial charge on any atom is 0.416 e. The number of carbonyl (C=O) groups excluding carboxylic acids is 1. The van der Waals surface area contributed by atoms with Gasteiger partial charge in [0.25, 0.3) is 5.91 Å². The second-order valence-electron chi connectivity index (χ2n) is 7.78. The van der Waals surface area contributed by atoms with Crippen LogP contribution in [-0.4, -0.2) is 36.3 Å². The Kier molecular flexibility index (Phi) is 5.79. The average Bonchev–Trinajstić information content (AvgIpc) is 3.38. The highest BCUT2D eigenvalue weighted by molar-refractivity contribution is 6.01. The summed E-state index contributed by atoms with van der Waals surface area (Å²) in [7, 11) is 0. The van der Waals surface area contributed by atoms with Crippen LogP contribution in [0.3, 0.4) is 0 Å². The summed E-state index contributed by atoms with van der Waals surface area (Å²) in [5.41, 5.74) is 7.75. The molecule has 0 saturated carbocycles. The topological polar surface area (TPSA) is 103 Å². The molecule has 0 aliphatic carbocycles. The van der Waals surface area contributed by atoms with E-state index < -0.39 is 11.7 Å². The number of hydrogen-bond donors (Lipinski definition) is 2. The molecule has 4 aromatic rings. The monoisotopic (exact) mass is 457 g/mol. The van der Waals surface area contributed by atoms with Gasteiger partial charge in [0.05, 0.1) is 23.9 Å². The number of pyridine rings is 1. The summed E-state index contributed by atoms with van der Waals surface area (Å²) in [6.07, 6.45) is 1.45. The van der Waals surface area contributed by atoms with Crippen LogP contribution in [0.4, 0.5) is 19.1 Å². The Labute approximate surface area is 187 Å². The Morgan fingerprint density at radius 2 is 1.91 bits per heavy atom. The molecule has 0 fully saturated rings. The highest BCUT2D eigenvalue weighted by atomic mass is 19.4. The number of nitrogen functional groups attached to an aromatic ring is 1. The predicted octanol–water partition coefficient (Wildman–Crippen LogP) is 3.77. The molecule has 3 N–H and O–H groups in total. The lowest BCUT2D eigenvalue weighted by Crippen LogP contribution is -2.32. The van der Waals surface area contributed by atoms with Gasteiger partial charge >= 0.3 is 6.18 Å². The molecule has 0 radical (unpaired) electrons. The summed E-state index contributed by atoms with van der Waals surface area (Å²) in [4.78, 5) is 17.0. The summed E-state index contributed by atoms with van der Waals surface area (Å²) in [6.45, 7) is 4.16. The Morgan fingerprint density at radius 3 is 2.58 bits per heavy atom. The van der Waals surface area contributed by atoms with Crippen LogP contribution in [0.15, 0.2) is 48.9 Å². The number of nitrogens with two attached hydrogens (primary N) is 1. The molecular weight excluding hydrogens is 435 g/mol. The van der Waals surface area contributed by atoms with Crippen molar-refractivity contribution in [3.05, 3.63) is 65.6 Å². The molecule has 0 aliphatic rings. The van der Waals surface area contributed by atoms with E-state index in [-0.39, 0.29) is 24.4 Å². The minimum absolute atomic E-state index is 0.0204. The van der Waals surface area contributed by atoms with E-state index in [9.17, 15) is 18.0 Å². The van der Waals surface area contributed by atoms with Crippen LogP contribution in [-0.2, 0) is 12.7 Å². The first-order valence-corrected chi connectivity index (χ1v) is 10.3. The first-order valence-electron chi connectivity index (χ1n) is 10.3. The SMILES string of the molecule is CCC(C)NC(=O)c1cc(-c2cnn(Cc3ccc(C(F)(F)F)cc3)c2)cn2nc(N)nc12. The third-order valence-electron chi connectivity index (χ3n) is 5.28. The number of rotatable bonds is 6. The van der Waals surface area contributed by atoms with Crippen molar-refractivity contribution in [1.82, 2.24) is 29.7 Å². The van der Waals surface area contributed by atoms with E-state index in [2.05, 4.69) is 20.5 Å². The van der Waals surface area contributed by atoms with Crippen molar-refractivity contribution in [1.29, 1.82) is 0 Å². The number of fused-ring (bicyclic) bond motifs is 1. The molecule has 1 unspecified atom stereocenters. The highest BCUT2D eigenvalue weighted by Gasteiger charge is 2.29. The molecule has 33 heavy (non-hydrogen) atoms. The molecular formula is C22H22F3N7O. The lowest BCUT2D eigenvalue weighted by atomic mass is 10.1. The Balaban J connectivity index is 1.62. The van der Waals surface area contributed by atoms with Crippen LogP contribution < -0.4 is 11.1 Å². The van der Waals surface area contributed by atoms with Crippen molar-refractivity contribution >= 4 is 17.5 Å². The van der Waals surface area contributed by atoms with Gasteiger partial charge < -0.3 is 11.1 Å². The quantitative estimate of drug-likeness (QED) is 0.459. The minimum Gasteiger partial charge on any atom is -0.366 e. The van der Waals surface area contributed by atoms with E-state index in [4.69, 9.17) is 5.73 Å². The van der Waals surface area contributed by atoms with E-state index in [1.165, 1.54) is 16.6 Å². The molecule has 11 heteroatoms. The van der Waals surface area contributed by atoms with E-state index in [1.54, 1.807) is 29.3 Å². The zero-order valence-electron chi connectivity index (χ0n) is 18.0. The Morgan fingerprint density at radius 1 is 1.18 bits per heavy atom. The zero-order valence-corrected chi connectivity index (χ0v) is 18.0. The summed E-state index contributed by atoms with van der Waals surface area (Å²) in [6, 6.07) is 6.61. The Hall–Kier alpha value is -3.89. The third-order valence-corrected chi connectivity index (χ3v) is 5.28. The van der Waals surface area contributed by atoms with Gasteiger partial charge in [-0.15, -0.1) is 5.10 Å². The molecule has 1 amide bonds. The van der Waals surface area contributed by atoms with Crippen molar-refractivity contribution in [2.45, 2.75) is 39.0 Å². The summed E-state index contributed by atoms with van der Waals surface area (Å²) < 4.78 is 41.3. The van der Waals surface area contributed by atoms with Gasteiger partial charge in [0.2, 0.25) is 5.95 Å². The van der Waals surface area contributed by atoms with Crippen LogP contribution in [0, 0.1) is 0 Å². The predicted molar refractivity (Wildman–Crippen MR) is 116 cm³/mol. The molecule has 0 aliphatic heterocycles. The van der Waals surface area contributed by atoms with Gasteiger partial charge in [-0.1, -0.05) is 19.1 Å². The van der Waals surface area contributed by atoms with Gasteiger partial charge in [-0.3, -0.25) is 9.48 Å². The molecule has 0 bridgehead atoms. The van der Waals surface area contributed by atoms with E-state index >= 15 is 0 Å².